The lowest BCUT2D eigenvalue weighted by molar-refractivity contribution is -0.147. The lowest BCUT2D eigenvalue weighted by Gasteiger charge is -2.29. The first-order valence-corrected chi connectivity index (χ1v) is 49.3. The lowest BCUT2D eigenvalue weighted by Crippen LogP contribution is -2.48. The molecular weight excluding hydrogens is 1460 g/mol. The molecule has 6 atom stereocenters. The summed E-state index contributed by atoms with van der Waals surface area (Å²) in [5.41, 5.74) is 0. The van der Waals surface area contributed by atoms with Crippen LogP contribution in [0.2, 0.25) is 0 Å². The molecule has 0 radical (unpaired) electrons. The Morgan fingerprint density at radius 2 is 0.562 bits per heavy atom. The quantitative estimate of drug-likeness (QED) is 0.0154. The molecule has 0 rings (SSSR count). The molecule has 23 nitrogen and oxygen atoms in total. The van der Waals surface area contributed by atoms with E-state index in [4.69, 9.17) is 27.6 Å². The summed E-state index contributed by atoms with van der Waals surface area (Å²) in [6, 6.07) is -2.42. The van der Waals surface area contributed by atoms with Crippen molar-refractivity contribution in [1.82, 2.24) is 31.1 Å². The number of aliphatic hydroxyl groups is 2. The van der Waals surface area contributed by atoms with Crippen molar-refractivity contribution >= 4 is 46.0 Å². The van der Waals surface area contributed by atoms with E-state index in [1.165, 1.54) is 181 Å². The molecule has 0 heterocycles. The molecule has 0 saturated heterocycles. The Morgan fingerprint density at radius 1 is 0.321 bits per heavy atom. The number of amides is 6. The number of carbonyl (C=O) groups excluding carboxylic acids is 5. The zero-order valence-electron chi connectivity index (χ0n) is 73.0. The zero-order valence-corrected chi connectivity index (χ0v) is 74.8. The van der Waals surface area contributed by atoms with Crippen LogP contribution >= 0.6 is 16.3 Å². The molecule has 6 amide bonds. The lowest BCUT2D eigenvalue weighted by atomic mass is 10.0. The van der Waals surface area contributed by atoms with E-state index in [0.29, 0.717) is 38.5 Å². The third-order valence-corrected chi connectivity index (χ3v) is 23.2. The predicted molar refractivity (Wildman–Crippen MR) is 460 cm³/mol. The van der Waals surface area contributed by atoms with Crippen LogP contribution in [0.15, 0.2) is 0 Å². The van der Waals surface area contributed by atoms with Gasteiger partial charge in [0.2, 0.25) is 23.6 Å². The minimum Gasteiger partial charge on any atom is -0.368 e. The molecule has 0 aliphatic carbocycles. The van der Waals surface area contributed by atoms with Gasteiger partial charge in [-0.2, -0.15) is 37.7 Å². The number of hydrogen-bond acceptors (Lipinski definition) is 17. The van der Waals surface area contributed by atoms with Crippen molar-refractivity contribution in [3.8, 4) is 0 Å². The highest BCUT2D eigenvalue weighted by Gasteiger charge is 2.42. The number of unbranched alkanes of at least 4 members (excludes halogenated alkanes) is 44. The molecule has 0 fully saturated rings. The second-order valence-corrected chi connectivity index (χ2v) is 35.1. The largest absolute Gasteiger partial charge is 0.570 e. The maximum absolute atomic E-state index is 13.6. The standard InChI is InChI=1S/C87H174N6O17P2/c1-9-15-21-27-31-35-37-41-43-49-55-61-83(96)90-79(73-92(77(7)94)69-65-81(59-53-47-25-19-13-5)109-85(98)63-57-51-45-39-33-29-23-17-11-3)75-107-111(101,102)105-71-67-88-87(100)89-68-72-106-112(103,104)108-76-80(91-84(97)62-56-50-44-42-38-36-32-28-22-16-10-2)74-93(78(8)95)70-66-82(60-54-48-26-20-14-6)110-86(99)64-58-52-46-40-34-30-24-18-12-4/h79-82,85-86,98-99,101-104H,9-76H2,1-8H3,(H2-2,88,89,90,91,96,97,100)/p+2/t79?,80?,81-,82-,85?,86?/m1/s1. The minimum absolute atomic E-state index is 0.00164. The number of carbonyl (C=O) groups is 5. The molecule has 0 aromatic carbocycles. The molecule has 25 heteroatoms. The van der Waals surface area contributed by atoms with Crippen LogP contribution in [0.3, 0.4) is 0 Å². The second-order valence-electron chi connectivity index (χ2n) is 32.1. The van der Waals surface area contributed by atoms with E-state index in [1.807, 2.05) is 0 Å². The Balaban J connectivity index is 5.95. The van der Waals surface area contributed by atoms with Crippen LogP contribution in [-0.4, -0.2) is 172 Å². The van der Waals surface area contributed by atoms with Crippen molar-refractivity contribution in [3.63, 3.8) is 0 Å². The molecule has 4 unspecified atom stereocenters. The van der Waals surface area contributed by atoms with Crippen molar-refractivity contribution in [2.45, 2.75) is 465 Å². The van der Waals surface area contributed by atoms with Gasteiger partial charge in [-0.05, 0) is 64.2 Å². The van der Waals surface area contributed by atoms with Gasteiger partial charge < -0.3 is 50.8 Å². The first-order valence-electron chi connectivity index (χ1n) is 46.2. The van der Waals surface area contributed by atoms with E-state index in [9.17, 15) is 53.8 Å². The maximum Gasteiger partial charge on any atom is 0.570 e. The van der Waals surface area contributed by atoms with Crippen LogP contribution in [0.25, 0.3) is 0 Å². The normalized spacial score (nSPS) is 13.6. The van der Waals surface area contributed by atoms with Crippen LogP contribution in [0, 0.1) is 0 Å². The molecular formula is C87H176N6O17P2+2. The molecule has 10 N–H and O–H groups in total. The topological polar surface area (TPSA) is 317 Å². The molecule has 0 aromatic rings. The van der Waals surface area contributed by atoms with E-state index in [-0.39, 0.29) is 87.9 Å². The first kappa shape index (κ1) is 110. The number of urea groups is 1. The van der Waals surface area contributed by atoms with Gasteiger partial charge in [0.1, 0.15) is 26.4 Å². The highest BCUT2D eigenvalue weighted by atomic mass is 31.2. The summed E-state index contributed by atoms with van der Waals surface area (Å²) in [5, 5.41) is 33.2. The van der Waals surface area contributed by atoms with Gasteiger partial charge in [0, 0.05) is 66.0 Å². The van der Waals surface area contributed by atoms with Crippen LogP contribution < -0.4 is 21.3 Å². The third-order valence-electron chi connectivity index (χ3n) is 21.2. The zero-order chi connectivity index (χ0) is 82.7. The Labute approximate surface area is 685 Å². The number of nitrogens with one attached hydrogen (secondary N) is 4. The van der Waals surface area contributed by atoms with Gasteiger partial charge in [-0.1, -0.05) is 337 Å². The van der Waals surface area contributed by atoms with Gasteiger partial charge in [0.15, 0.2) is 12.6 Å². The number of rotatable bonds is 86. The van der Waals surface area contributed by atoms with E-state index in [2.05, 4.69) is 62.8 Å². The smallest absolute Gasteiger partial charge is 0.368 e. The highest BCUT2D eigenvalue weighted by Crippen LogP contribution is 2.53. The van der Waals surface area contributed by atoms with Crippen LogP contribution in [0.4, 0.5) is 4.79 Å². The van der Waals surface area contributed by atoms with Gasteiger partial charge >= 0.3 is 22.4 Å². The number of hydrogen-bond donors (Lipinski definition) is 10. The van der Waals surface area contributed by atoms with Gasteiger partial charge in [-0.25, -0.2) is 4.79 Å². The van der Waals surface area contributed by atoms with Gasteiger partial charge in [0.05, 0.1) is 24.3 Å². The molecule has 0 saturated carbocycles. The van der Waals surface area contributed by atoms with Crippen molar-refractivity contribution in [2.24, 2.45) is 0 Å². The number of aliphatic hydroxyl groups excluding tert-OH is 2. The van der Waals surface area contributed by atoms with Crippen molar-refractivity contribution in [3.05, 3.63) is 0 Å². The van der Waals surface area contributed by atoms with E-state index in [0.717, 1.165) is 154 Å². The molecule has 0 spiro atoms. The fraction of sp³-hybridized carbons (Fsp3) is 0.943. The monoisotopic (exact) mass is 1640 g/mol. The average molecular weight is 1640 g/mol. The van der Waals surface area contributed by atoms with Crippen LogP contribution in [-0.2, 0) is 46.7 Å². The summed E-state index contributed by atoms with van der Waals surface area (Å²) in [6.45, 7) is 14.7. The van der Waals surface area contributed by atoms with E-state index >= 15 is 0 Å². The van der Waals surface area contributed by atoms with Gasteiger partial charge in [-0.3, -0.25) is 19.2 Å². The summed E-state index contributed by atoms with van der Waals surface area (Å²) in [7, 11) is -9.09. The fourth-order valence-electron chi connectivity index (χ4n) is 14.2. The first-order chi connectivity index (χ1) is 54.1. The minimum atomic E-state index is -4.54. The molecule has 0 aliphatic rings. The van der Waals surface area contributed by atoms with Gasteiger partial charge in [-0.15, -0.1) is 0 Å². The SMILES string of the molecule is CCCCCCCCCCCCCC(=O)NC(CO[P+](O)(O)OCCNC(=O)NCCO[P+](O)(O)OCC(CN(CC[C@@H](CCCCCCC)OC(O)CCCCCCCCCCC)C(C)=O)NC(=O)CCCCCCCCCCCCC)CN(CC[C@@H](CCCCCCC)OC(O)CCCCCCCCCCC)C(C)=O. The van der Waals surface area contributed by atoms with Crippen molar-refractivity contribution in [1.29, 1.82) is 0 Å². The Hall–Kier alpha value is -2.47. The molecule has 0 aliphatic heterocycles. The number of ether oxygens (including phenoxy) is 2. The van der Waals surface area contributed by atoms with Crippen LogP contribution in [0.1, 0.15) is 428 Å². The highest BCUT2D eigenvalue weighted by molar-refractivity contribution is 7.54. The number of nitrogens with zero attached hydrogens (tertiary/aromatic N) is 2. The van der Waals surface area contributed by atoms with E-state index < -0.39 is 73.5 Å². The summed E-state index contributed by atoms with van der Waals surface area (Å²) in [6.07, 6.45) is 58.1. The third kappa shape index (κ3) is 72.7. The summed E-state index contributed by atoms with van der Waals surface area (Å²) in [5.74, 6) is -1.02. The average Bonchev–Trinajstić information content (AvgIpc) is 0.876. The molecule has 112 heavy (non-hydrogen) atoms. The maximum atomic E-state index is 13.6. The predicted octanol–water partition coefficient (Wildman–Crippen LogP) is 20.5. The summed E-state index contributed by atoms with van der Waals surface area (Å²) in [4.78, 5) is 114. The van der Waals surface area contributed by atoms with Crippen molar-refractivity contribution in [2.75, 3.05) is 65.7 Å². The molecule has 0 aromatic heterocycles. The summed E-state index contributed by atoms with van der Waals surface area (Å²) < 4.78 is 34.5. The Morgan fingerprint density at radius 3 is 0.821 bits per heavy atom. The molecule has 0 bridgehead atoms. The summed E-state index contributed by atoms with van der Waals surface area (Å²) >= 11 is 0. The van der Waals surface area contributed by atoms with E-state index in [1.54, 1.807) is 9.80 Å². The Bertz CT molecular complexity index is 2010. The second kappa shape index (κ2) is 78.4. The van der Waals surface area contributed by atoms with Gasteiger partial charge in [0.25, 0.3) is 0 Å². The van der Waals surface area contributed by atoms with Crippen molar-refractivity contribution < 1.29 is 81.3 Å². The van der Waals surface area contributed by atoms with Crippen LogP contribution in [0.5, 0.6) is 0 Å². The molecule has 664 valence electrons. The Kier molecular flexibility index (Phi) is 76.7. The fourth-order valence-corrected chi connectivity index (χ4v) is 15.7.